The van der Waals surface area contributed by atoms with Gasteiger partial charge in [-0.15, -0.1) is 0 Å². The molecule has 1 aliphatic carbocycles. The van der Waals surface area contributed by atoms with Gasteiger partial charge in [-0.3, -0.25) is 4.79 Å². The van der Waals surface area contributed by atoms with Crippen molar-refractivity contribution in [2.45, 2.75) is 18.9 Å². The van der Waals surface area contributed by atoms with Gasteiger partial charge >= 0.3 is 0 Å². The molecule has 126 valence electrons. The van der Waals surface area contributed by atoms with Gasteiger partial charge in [0.1, 0.15) is 5.82 Å². The van der Waals surface area contributed by atoms with Crippen LogP contribution in [0.4, 0.5) is 0 Å². The first-order valence-electron chi connectivity index (χ1n) is 8.34. The number of hydrogen-bond donors (Lipinski definition) is 2. The number of aromatic amines is 1. The second kappa shape index (κ2) is 6.73. The summed E-state index contributed by atoms with van der Waals surface area (Å²) in [6.07, 6.45) is 2.64. The minimum Gasteiger partial charge on any atom is -0.349 e. The molecule has 2 atom stereocenters. The third-order valence-electron chi connectivity index (χ3n) is 4.58. The monoisotopic (exact) mass is 351 g/mol. The predicted molar refractivity (Wildman–Crippen MR) is 98.2 cm³/mol. The van der Waals surface area contributed by atoms with Crippen LogP contribution in [0, 0.1) is 5.92 Å². The smallest absolute Gasteiger partial charge is 0.224 e. The van der Waals surface area contributed by atoms with Crippen molar-refractivity contribution in [2.75, 3.05) is 0 Å². The highest BCUT2D eigenvalue weighted by Gasteiger charge is 2.44. The maximum atomic E-state index is 12.4. The van der Waals surface area contributed by atoms with E-state index in [4.69, 9.17) is 11.6 Å². The highest BCUT2D eigenvalue weighted by Crippen LogP contribution is 2.49. The number of carbonyl (C=O) groups is 1. The van der Waals surface area contributed by atoms with Crippen LogP contribution in [0.15, 0.2) is 60.8 Å². The van der Waals surface area contributed by atoms with E-state index in [-0.39, 0.29) is 17.7 Å². The molecule has 5 heteroatoms. The third kappa shape index (κ3) is 3.44. The molecule has 2 aromatic carbocycles. The van der Waals surface area contributed by atoms with Gasteiger partial charge in [-0.2, -0.15) is 0 Å². The number of rotatable bonds is 5. The van der Waals surface area contributed by atoms with Gasteiger partial charge in [0, 0.05) is 10.9 Å². The first-order valence-corrected chi connectivity index (χ1v) is 8.71. The quantitative estimate of drug-likeness (QED) is 0.725. The summed E-state index contributed by atoms with van der Waals surface area (Å²) in [5, 5.41) is 3.71. The van der Waals surface area contributed by atoms with Crippen LogP contribution in [0.5, 0.6) is 0 Å². The fourth-order valence-corrected chi connectivity index (χ4v) is 3.40. The zero-order chi connectivity index (χ0) is 17.2. The fraction of sp³-hybridized carbons (Fsp3) is 0.200. The van der Waals surface area contributed by atoms with Gasteiger partial charge in [0.25, 0.3) is 0 Å². The average Bonchev–Trinajstić information content (AvgIpc) is 3.30. The van der Waals surface area contributed by atoms with Crippen LogP contribution in [-0.4, -0.2) is 15.9 Å². The minimum atomic E-state index is 0.00320. The summed E-state index contributed by atoms with van der Waals surface area (Å²) in [7, 11) is 0. The van der Waals surface area contributed by atoms with Gasteiger partial charge in [0.2, 0.25) is 5.91 Å². The van der Waals surface area contributed by atoms with Crippen LogP contribution in [0.25, 0.3) is 11.3 Å². The molecule has 0 bridgehead atoms. The molecule has 1 amide bonds. The second-order valence-electron chi connectivity index (χ2n) is 6.30. The lowest BCUT2D eigenvalue weighted by Gasteiger charge is -2.05. The lowest BCUT2D eigenvalue weighted by Crippen LogP contribution is -2.25. The van der Waals surface area contributed by atoms with Crippen molar-refractivity contribution in [1.82, 2.24) is 15.3 Å². The molecule has 1 fully saturated rings. The Balaban J connectivity index is 1.34. The molecule has 3 aromatic rings. The van der Waals surface area contributed by atoms with Crippen LogP contribution >= 0.6 is 11.6 Å². The number of H-pyrrole nitrogens is 1. The van der Waals surface area contributed by atoms with Crippen LogP contribution < -0.4 is 5.32 Å². The van der Waals surface area contributed by atoms with Crippen LogP contribution in [0.3, 0.4) is 0 Å². The van der Waals surface area contributed by atoms with E-state index in [9.17, 15) is 4.79 Å². The van der Waals surface area contributed by atoms with E-state index in [0.717, 1.165) is 34.1 Å². The molecular weight excluding hydrogens is 334 g/mol. The number of nitrogens with one attached hydrogen (secondary N) is 2. The van der Waals surface area contributed by atoms with Crippen molar-refractivity contribution in [2.24, 2.45) is 5.92 Å². The van der Waals surface area contributed by atoms with Crippen LogP contribution in [-0.2, 0) is 11.3 Å². The lowest BCUT2D eigenvalue weighted by atomic mass is 10.1. The van der Waals surface area contributed by atoms with Crippen molar-refractivity contribution in [3.63, 3.8) is 0 Å². The summed E-state index contributed by atoms with van der Waals surface area (Å²) in [5.41, 5.74) is 3.09. The Kier molecular flexibility index (Phi) is 4.28. The first-order chi connectivity index (χ1) is 12.2. The Morgan fingerprint density at radius 2 is 1.92 bits per heavy atom. The lowest BCUT2D eigenvalue weighted by molar-refractivity contribution is -0.122. The van der Waals surface area contributed by atoms with Gasteiger partial charge in [0.15, 0.2) is 0 Å². The Labute approximate surface area is 151 Å². The van der Waals surface area contributed by atoms with E-state index < -0.39 is 0 Å². The van der Waals surface area contributed by atoms with Gasteiger partial charge in [-0.05, 0) is 29.5 Å². The molecule has 1 heterocycles. The van der Waals surface area contributed by atoms with Crippen molar-refractivity contribution in [3.05, 3.63) is 77.2 Å². The van der Waals surface area contributed by atoms with Crippen molar-refractivity contribution < 1.29 is 4.79 Å². The maximum absolute atomic E-state index is 12.4. The predicted octanol–water partition coefficient (Wildman–Crippen LogP) is 4.15. The number of hydrogen-bond acceptors (Lipinski definition) is 2. The molecule has 1 aliphatic rings. The maximum Gasteiger partial charge on any atom is 0.224 e. The molecule has 2 N–H and O–H groups in total. The summed E-state index contributed by atoms with van der Waals surface area (Å²) in [5.74, 6) is 1.04. The van der Waals surface area contributed by atoms with Crippen molar-refractivity contribution in [3.8, 4) is 11.3 Å². The standard InChI is InChI=1S/C20H18ClN3O/c21-17-9-5-4-8-14(17)15-10-16(15)20(25)23-12-19-22-11-18(24-19)13-6-2-1-3-7-13/h1-9,11,15-16H,10,12H2,(H,22,24)(H,23,25)/t15-,16-/m0/s1. The zero-order valence-electron chi connectivity index (χ0n) is 13.6. The number of aromatic nitrogens is 2. The number of nitrogens with zero attached hydrogens (tertiary/aromatic N) is 1. The Morgan fingerprint density at radius 3 is 2.72 bits per heavy atom. The summed E-state index contributed by atoms with van der Waals surface area (Å²) < 4.78 is 0. The Hall–Kier alpha value is -2.59. The number of benzene rings is 2. The van der Waals surface area contributed by atoms with Crippen molar-refractivity contribution >= 4 is 17.5 Å². The highest BCUT2D eigenvalue weighted by atomic mass is 35.5. The van der Waals surface area contributed by atoms with Gasteiger partial charge in [-0.1, -0.05) is 60.1 Å². The van der Waals surface area contributed by atoms with Crippen LogP contribution in [0.2, 0.25) is 5.02 Å². The molecular formula is C20H18ClN3O. The largest absolute Gasteiger partial charge is 0.349 e. The van der Waals surface area contributed by atoms with E-state index in [2.05, 4.69) is 15.3 Å². The molecule has 0 unspecified atom stereocenters. The molecule has 4 nitrogen and oxygen atoms in total. The summed E-state index contributed by atoms with van der Waals surface area (Å²) >= 11 is 6.22. The molecule has 25 heavy (non-hydrogen) atoms. The Morgan fingerprint density at radius 1 is 1.16 bits per heavy atom. The molecule has 0 aliphatic heterocycles. The van der Waals surface area contributed by atoms with Crippen LogP contribution in [0.1, 0.15) is 23.7 Å². The molecule has 1 saturated carbocycles. The molecule has 4 rings (SSSR count). The number of amides is 1. The average molecular weight is 352 g/mol. The van der Waals surface area contributed by atoms with Crippen molar-refractivity contribution in [1.29, 1.82) is 0 Å². The van der Waals surface area contributed by atoms with E-state index in [0.29, 0.717) is 6.54 Å². The van der Waals surface area contributed by atoms with E-state index in [1.807, 2.05) is 54.6 Å². The first kappa shape index (κ1) is 15.9. The summed E-state index contributed by atoms with van der Waals surface area (Å²) in [4.78, 5) is 19.9. The molecule has 0 spiro atoms. The topological polar surface area (TPSA) is 57.8 Å². The zero-order valence-corrected chi connectivity index (χ0v) is 14.3. The second-order valence-corrected chi connectivity index (χ2v) is 6.70. The Bertz CT molecular complexity index is 891. The van der Waals surface area contributed by atoms with E-state index >= 15 is 0 Å². The SMILES string of the molecule is O=C(NCc1ncc(-c2ccccc2)[nH]1)[C@H]1C[C@H]1c1ccccc1Cl. The van der Waals surface area contributed by atoms with Gasteiger partial charge in [-0.25, -0.2) is 4.98 Å². The summed E-state index contributed by atoms with van der Waals surface area (Å²) in [6, 6.07) is 17.7. The highest BCUT2D eigenvalue weighted by molar-refractivity contribution is 6.31. The third-order valence-corrected chi connectivity index (χ3v) is 4.92. The van der Waals surface area contributed by atoms with E-state index in [1.54, 1.807) is 6.20 Å². The summed E-state index contributed by atoms with van der Waals surface area (Å²) in [6.45, 7) is 0.400. The van der Waals surface area contributed by atoms with Gasteiger partial charge < -0.3 is 10.3 Å². The fourth-order valence-electron chi connectivity index (χ4n) is 3.12. The number of imidazole rings is 1. The number of carbonyl (C=O) groups excluding carboxylic acids is 1. The molecule has 1 aromatic heterocycles. The molecule has 0 radical (unpaired) electrons. The minimum absolute atomic E-state index is 0.00320. The molecule has 0 saturated heterocycles. The number of halogens is 1. The normalized spacial score (nSPS) is 18.8. The van der Waals surface area contributed by atoms with Gasteiger partial charge in [0.05, 0.1) is 18.4 Å². The van der Waals surface area contributed by atoms with E-state index in [1.165, 1.54) is 0 Å².